The lowest BCUT2D eigenvalue weighted by Crippen LogP contribution is -1.95. The van der Waals surface area contributed by atoms with Crippen LogP contribution in [0, 0.1) is 0 Å². The molecule has 1 heterocycles. The molecule has 0 bridgehead atoms. The summed E-state index contributed by atoms with van der Waals surface area (Å²) in [7, 11) is 0. The second kappa shape index (κ2) is 6.74. The van der Waals surface area contributed by atoms with Gasteiger partial charge in [-0.1, -0.05) is 30.3 Å². The quantitative estimate of drug-likeness (QED) is 0.736. The molecule has 6 nitrogen and oxygen atoms in total. The van der Waals surface area contributed by atoms with E-state index < -0.39 is 0 Å². The fourth-order valence-electron chi connectivity index (χ4n) is 2.10. The van der Waals surface area contributed by atoms with Gasteiger partial charge in [-0.25, -0.2) is 0 Å². The summed E-state index contributed by atoms with van der Waals surface area (Å²) in [5.41, 5.74) is 1.74. The zero-order valence-electron chi connectivity index (χ0n) is 12.6. The Morgan fingerprint density at radius 1 is 1.22 bits per heavy atom. The van der Waals surface area contributed by atoms with Crippen molar-refractivity contribution in [3.63, 3.8) is 0 Å². The van der Waals surface area contributed by atoms with E-state index in [0.29, 0.717) is 18.2 Å². The van der Waals surface area contributed by atoms with Gasteiger partial charge in [-0.2, -0.15) is 9.78 Å². The molecule has 0 saturated heterocycles. The molecule has 0 spiro atoms. The smallest absolute Gasteiger partial charge is 0.184 e. The third-order valence-corrected chi connectivity index (χ3v) is 3.18. The number of phenolic OH excluding ortho intramolecular Hbond substituents is 1. The number of nitrogens with zero attached hydrogens (tertiary/aromatic N) is 4. The van der Waals surface area contributed by atoms with Gasteiger partial charge in [-0.3, -0.25) is 0 Å². The Balaban J connectivity index is 1.87. The molecule has 0 aliphatic heterocycles. The average Bonchev–Trinajstić information content (AvgIpc) is 3.05. The van der Waals surface area contributed by atoms with Gasteiger partial charge in [0.1, 0.15) is 6.33 Å². The van der Waals surface area contributed by atoms with Gasteiger partial charge in [0.25, 0.3) is 0 Å². The lowest BCUT2D eigenvalue weighted by molar-refractivity contribution is 0.318. The van der Waals surface area contributed by atoms with Gasteiger partial charge in [0.2, 0.25) is 0 Å². The first-order valence-electron chi connectivity index (χ1n) is 7.23. The highest BCUT2D eigenvalue weighted by molar-refractivity contribution is 5.81. The van der Waals surface area contributed by atoms with E-state index in [1.165, 1.54) is 0 Å². The van der Waals surface area contributed by atoms with Crippen LogP contribution in [-0.4, -0.2) is 32.8 Å². The SMILES string of the molecule is CCOc1cc(/C=N/n2cnnc2-c2ccccc2)ccc1O. The standard InChI is InChI=1S/C17H16N4O2/c1-2-23-16-10-13(8-9-15(16)22)11-19-21-12-18-20-17(21)14-6-4-3-5-7-14/h3-12,22H,2H2,1H3/b19-11+. The summed E-state index contributed by atoms with van der Waals surface area (Å²) in [4.78, 5) is 0. The van der Waals surface area contributed by atoms with E-state index in [1.54, 1.807) is 35.4 Å². The number of phenols is 1. The number of aromatic hydroxyl groups is 1. The van der Waals surface area contributed by atoms with Crippen LogP contribution in [0.2, 0.25) is 0 Å². The van der Waals surface area contributed by atoms with Crippen molar-refractivity contribution in [2.45, 2.75) is 6.92 Å². The molecule has 6 heteroatoms. The van der Waals surface area contributed by atoms with Gasteiger partial charge >= 0.3 is 0 Å². The van der Waals surface area contributed by atoms with E-state index in [0.717, 1.165) is 11.1 Å². The van der Waals surface area contributed by atoms with Crippen molar-refractivity contribution in [3.8, 4) is 22.9 Å². The number of benzene rings is 2. The van der Waals surface area contributed by atoms with E-state index >= 15 is 0 Å². The van der Waals surface area contributed by atoms with Crippen molar-refractivity contribution in [1.82, 2.24) is 14.9 Å². The van der Waals surface area contributed by atoms with Crippen LogP contribution in [0.25, 0.3) is 11.4 Å². The second-order valence-electron chi connectivity index (χ2n) is 4.77. The maximum Gasteiger partial charge on any atom is 0.184 e. The third-order valence-electron chi connectivity index (χ3n) is 3.18. The third kappa shape index (κ3) is 3.37. The molecule has 23 heavy (non-hydrogen) atoms. The van der Waals surface area contributed by atoms with Crippen LogP contribution in [0.4, 0.5) is 0 Å². The first-order chi connectivity index (χ1) is 11.3. The maximum atomic E-state index is 9.72. The maximum absolute atomic E-state index is 9.72. The fourth-order valence-corrected chi connectivity index (χ4v) is 2.10. The van der Waals surface area contributed by atoms with Crippen LogP contribution >= 0.6 is 0 Å². The Morgan fingerprint density at radius 3 is 2.83 bits per heavy atom. The van der Waals surface area contributed by atoms with Crippen molar-refractivity contribution in [2.24, 2.45) is 5.10 Å². The summed E-state index contributed by atoms with van der Waals surface area (Å²) < 4.78 is 6.96. The van der Waals surface area contributed by atoms with Gasteiger partial charge in [-0.15, -0.1) is 10.2 Å². The average molecular weight is 308 g/mol. The molecule has 0 saturated carbocycles. The predicted molar refractivity (Wildman–Crippen MR) is 87.7 cm³/mol. The topological polar surface area (TPSA) is 72.5 Å². The molecule has 0 atom stereocenters. The Labute approximate surface area is 133 Å². The van der Waals surface area contributed by atoms with Crippen LogP contribution in [-0.2, 0) is 0 Å². The normalized spacial score (nSPS) is 11.0. The van der Waals surface area contributed by atoms with Gasteiger partial charge < -0.3 is 9.84 Å². The molecule has 0 amide bonds. The molecule has 3 aromatic rings. The highest BCUT2D eigenvalue weighted by Gasteiger charge is 2.06. The molecule has 1 aromatic heterocycles. The zero-order chi connectivity index (χ0) is 16.1. The molecule has 116 valence electrons. The summed E-state index contributed by atoms with van der Waals surface area (Å²) >= 11 is 0. The van der Waals surface area contributed by atoms with E-state index in [2.05, 4.69) is 15.3 Å². The summed E-state index contributed by atoms with van der Waals surface area (Å²) in [6.07, 6.45) is 3.21. The molecule has 0 aliphatic rings. The van der Waals surface area contributed by atoms with Crippen molar-refractivity contribution >= 4 is 6.21 Å². The lowest BCUT2D eigenvalue weighted by atomic mass is 10.2. The minimum atomic E-state index is 0.110. The van der Waals surface area contributed by atoms with Crippen molar-refractivity contribution in [2.75, 3.05) is 6.61 Å². The molecule has 0 unspecified atom stereocenters. The number of aromatic nitrogens is 3. The van der Waals surface area contributed by atoms with E-state index in [9.17, 15) is 5.11 Å². The Hall–Kier alpha value is -3.15. The first-order valence-corrected chi connectivity index (χ1v) is 7.23. The van der Waals surface area contributed by atoms with Gasteiger partial charge in [0.05, 0.1) is 12.8 Å². The van der Waals surface area contributed by atoms with Crippen LogP contribution in [0.3, 0.4) is 0 Å². The zero-order valence-corrected chi connectivity index (χ0v) is 12.6. The minimum Gasteiger partial charge on any atom is -0.504 e. The van der Waals surface area contributed by atoms with Crippen LogP contribution in [0.15, 0.2) is 60.0 Å². The Bertz CT molecular complexity index is 812. The summed E-state index contributed by atoms with van der Waals surface area (Å²) in [5.74, 6) is 1.20. The molecule has 0 radical (unpaired) electrons. The summed E-state index contributed by atoms with van der Waals surface area (Å²) in [6.45, 7) is 2.35. The summed E-state index contributed by atoms with van der Waals surface area (Å²) in [6, 6.07) is 14.8. The largest absolute Gasteiger partial charge is 0.504 e. The predicted octanol–water partition coefficient (Wildman–Crippen LogP) is 2.93. The molecular weight excluding hydrogens is 292 g/mol. The molecule has 0 aliphatic carbocycles. The van der Waals surface area contributed by atoms with E-state index in [1.807, 2.05) is 37.3 Å². The number of hydrogen-bond donors (Lipinski definition) is 1. The van der Waals surface area contributed by atoms with Crippen LogP contribution < -0.4 is 4.74 Å². The summed E-state index contributed by atoms with van der Waals surface area (Å²) in [5, 5.41) is 22.1. The minimum absolute atomic E-state index is 0.110. The second-order valence-corrected chi connectivity index (χ2v) is 4.77. The molecule has 1 N–H and O–H groups in total. The van der Waals surface area contributed by atoms with Crippen molar-refractivity contribution in [3.05, 3.63) is 60.4 Å². The Kier molecular flexibility index (Phi) is 4.33. The van der Waals surface area contributed by atoms with Crippen molar-refractivity contribution < 1.29 is 9.84 Å². The highest BCUT2D eigenvalue weighted by Crippen LogP contribution is 2.26. The first kappa shape index (κ1) is 14.8. The lowest BCUT2D eigenvalue weighted by Gasteiger charge is -2.06. The number of hydrogen-bond acceptors (Lipinski definition) is 5. The monoisotopic (exact) mass is 308 g/mol. The number of rotatable bonds is 5. The van der Waals surface area contributed by atoms with Crippen LogP contribution in [0.5, 0.6) is 11.5 Å². The molecule has 3 rings (SSSR count). The van der Waals surface area contributed by atoms with Gasteiger partial charge in [0, 0.05) is 5.56 Å². The van der Waals surface area contributed by atoms with Gasteiger partial charge in [0.15, 0.2) is 17.3 Å². The molecule has 0 fully saturated rings. The molecular formula is C17H16N4O2. The van der Waals surface area contributed by atoms with Crippen molar-refractivity contribution in [1.29, 1.82) is 0 Å². The number of ether oxygens (including phenoxy) is 1. The van der Waals surface area contributed by atoms with E-state index in [4.69, 9.17) is 4.74 Å². The van der Waals surface area contributed by atoms with Crippen LogP contribution in [0.1, 0.15) is 12.5 Å². The molecule has 2 aromatic carbocycles. The van der Waals surface area contributed by atoms with Gasteiger partial charge in [-0.05, 0) is 30.7 Å². The Morgan fingerprint density at radius 2 is 2.04 bits per heavy atom. The highest BCUT2D eigenvalue weighted by atomic mass is 16.5. The fraction of sp³-hybridized carbons (Fsp3) is 0.118. The van der Waals surface area contributed by atoms with E-state index in [-0.39, 0.29) is 5.75 Å².